The summed E-state index contributed by atoms with van der Waals surface area (Å²) in [6, 6.07) is 0. The first-order chi connectivity index (χ1) is 5.54. The molecule has 0 aromatic carbocycles. The topological polar surface area (TPSA) is 9.23 Å². The lowest BCUT2D eigenvalue weighted by Gasteiger charge is -2.43. The third-order valence-electron chi connectivity index (χ3n) is 2.88. The van der Waals surface area contributed by atoms with Crippen molar-refractivity contribution >= 4 is 0 Å². The fourth-order valence-corrected chi connectivity index (χ4v) is 1.69. The van der Waals surface area contributed by atoms with Crippen LogP contribution in [0.5, 0.6) is 0 Å². The SMILES string of the molecule is CCCOC1CC(C(C)(C)C)C1. The van der Waals surface area contributed by atoms with Gasteiger partial charge in [0.05, 0.1) is 6.10 Å². The average molecular weight is 170 g/mol. The van der Waals surface area contributed by atoms with Crippen LogP contribution in [0.4, 0.5) is 0 Å². The molecular formula is C11H22O. The van der Waals surface area contributed by atoms with Crippen LogP contribution in [0.25, 0.3) is 0 Å². The quantitative estimate of drug-likeness (QED) is 0.632. The molecule has 1 aliphatic carbocycles. The van der Waals surface area contributed by atoms with Crippen molar-refractivity contribution in [3.05, 3.63) is 0 Å². The van der Waals surface area contributed by atoms with Gasteiger partial charge in [-0.3, -0.25) is 0 Å². The molecule has 1 saturated carbocycles. The summed E-state index contributed by atoms with van der Waals surface area (Å²) in [4.78, 5) is 0. The fraction of sp³-hybridized carbons (Fsp3) is 1.00. The molecule has 0 atom stereocenters. The fourth-order valence-electron chi connectivity index (χ4n) is 1.69. The molecule has 0 spiro atoms. The summed E-state index contributed by atoms with van der Waals surface area (Å²) < 4.78 is 5.65. The van der Waals surface area contributed by atoms with E-state index in [1.165, 1.54) is 12.8 Å². The van der Waals surface area contributed by atoms with E-state index in [2.05, 4.69) is 27.7 Å². The number of rotatable bonds is 3. The Balaban J connectivity index is 2.12. The molecule has 0 radical (unpaired) electrons. The molecule has 0 heterocycles. The second-order valence-electron chi connectivity index (χ2n) is 5.03. The van der Waals surface area contributed by atoms with Gasteiger partial charge in [-0.05, 0) is 30.6 Å². The van der Waals surface area contributed by atoms with Gasteiger partial charge in [0.2, 0.25) is 0 Å². The minimum Gasteiger partial charge on any atom is -0.378 e. The molecule has 0 aliphatic heterocycles. The summed E-state index contributed by atoms with van der Waals surface area (Å²) in [6.45, 7) is 10.1. The van der Waals surface area contributed by atoms with Crippen molar-refractivity contribution in [3.8, 4) is 0 Å². The molecule has 0 N–H and O–H groups in total. The van der Waals surface area contributed by atoms with Crippen molar-refractivity contribution in [1.82, 2.24) is 0 Å². The highest BCUT2D eigenvalue weighted by atomic mass is 16.5. The van der Waals surface area contributed by atoms with Crippen molar-refractivity contribution in [3.63, 3.8) is 0 Å². The monoisotopic (exact) mass is 170 g/mol. The Morgan fingerprint density at radius 1 is 1.25 bits per heavy atom. The van der Waals surface area contributed by atoms with E-state index in [4.69, 9.17) is 4.74 Å². The maximum atomic E-state index is 5.65. The van der Waals surface area contributed by atoms with E-state index in [0.717, 1.165) is 18.9 Å². The predicted molar refractivity (Wildman–Crippen MR) is 52.2 cm³/mol. The smallest absolute Gasteiger partial charge is 0.0580 e. The molecule has 1 fully saturated rings. The molecule has 0 aromatic heterocycles. The normalized spacial score (nSPS) is 30.0. The molecule has 1 nitrogen and oxygen atoms in total. The van der Waals surface area contributed by atoms with E-state index in [-0.39, 0.29) is 0 Å². The Hall–Kier alpha value is -0.0400. The number of ether oxygens (including phenoxy) is 1. The van der Waals surface area contributed by atoms with Crippen LogP contribution < -0.4 is 0 Å². The van der Waals surface area contributed by atoms with E-state index in [1.807, 2.05) is 0 Å². The van der Waals surface area contributed by atoms with Gasteiger partial charge in [-0.1, -0.05) is 27.7 Å². The minimum atomic E-state index is 0.492. The summed E-state index contributed by atoms with van der Waals surface area (Å²) in [5.41, 5.74) is 0.492. The standard InChI is InChI=1S/C11H22O/c1-5-6-12-10-7-9(8-10)11(2,3)4/h9-10H,5-8H2,1-4H3. The number of hydrogen-bond acceptors (Lipinski definition) is 1. The van der Waals surface area contributed by atoms with E-state index < -0.39 is 0 Å². The van der Waals surface area contributed by atoms with Gasteiger partial charge in [0.25, 0.3) is 0 Å². The van der Waals surface area contributed by atoms with Gasteiger partial charge in [-0.25, -0.2) is 0 Å². The van der Waals surface area contributed by atoms with Gasteiger partial charge in [0.1, 0.15) is 0 Å². The predicted octanol–water partition coefficient (Wildman–Crippen LogP) is 3.24. The van der Waals surface area contributed by atoms with Crippen molar-refractivity contribution in [2.24, 2.45) is 11.3 Å². The molecule has 0 saturated heterocycles. The minimum absolute atomic E-state index is 0.492. The number of hydrogen-bond donors (Lipinski definition) is 0. The second kappa shape index (κ2) is 3.78. The summed E-state index contributed by atoms with van der Waals surface area (Å²) in [5.74, 6) is 0.888. The summed E-state index contributed by atoms with van der Waals surface area (Å²) in [6.07, 6.45) is 4.29. The van der Waals surface area contributed by atoms with Gasteiger partial charge in [-0.15, -0.1) is 0 Å². The molecule has 1 heteroatoms. The van der Waals surface area contributed by atoms with Crippen LogP contribution in [-0.4, -0.2) is 12.7 Å². The summed E-state index contributed by atoms with van der Waals surface area (Å²) >= 11 is 0. The zero-order chi connectivity index (χ0) is 9.19. The highest BCUT2D eigenvalue weighted by molar-refractivity contribution is 4.87. The van der Waals surface area contributed by atoms with Crippen LogP contribution in [0.2, 0.25) is 0 Å². The lowest BCUT2D eigenvalue weighted by Crippen LogP contribution is -2.39. The summed E-state index contributed by atoms with van der Waals surface area (Å²) in [7, 11) is 0. The van der Waals surface area contributed by atoms with E-state index in [0.29, 0.717) is 11.5 Å². The van der Waals surface area contributed by atoms with E-state index in [1.54, 1.807) is 0 Å². The lowest BCUT2D eigenvalue weighted by atomic mass is 9.67. The molecule has 0 aromatic rings. The first-order valence-corrected chi connectivity index (χ1v) is 5.15. The molecule has 1 aliphatic rings. The van der Waals surface area contributed by atoms with Gasteiger partial charge in [0, 0.05) is 6.61 Å². The highest BCUT2D eigenvalue weighted by Crippen LogP contribution is 2.42. The molecule has 0 amide bonds. The molecule has 12 heavy (non-hydrogen) atoms. The van der Waals surface area contributed by atoms with Crippen molar-refractivity contribution in [1.29, 1.82) is 0 Å². The largest absolute Gasteiger partial charge is 0.378 e. The maximum absolute atomic E-state index is 5.65. The maximum Gasteiger partial charge on any atom is 0.0580 e. The van der Waals surface area contributed by atoms with Gasteiger partial charge < -0.3 is 4.74 Å². The van der Waals surface area contributed by atoms with Gasteiger partial charge in [-0.2, -0.15) is 0 Å². The Labute approximate surface area is 76.5 Å². The molecule has 0 unspecified atom stereocenters. The summed E-state index contributed by atoms with van der Waals surface area (Å²) in [5, 5.41) is 0. The van der Waals surface area contributed by atoms with Crippen LogP contribution in [0.3, 0.4) is 0 Å². The van der Waals surface area contributed by atoms with E-state index in [9.17, 15) is 0 Å². The van der Waals surface area contributed by atoms with E-state index >= 15 is 0 Å². The van der Waals surface area contributed by atoms with Crippen LogP contribution in [0, 0.1) is 11.3 Å². The van der Waals surface area contributed by atoms with Crippen molar-refractivity contribution in [2.75, 3.05) is 6.61 Å². The molecule has 0 bridgehead atoms. The Bertz CT molecular complexity index is 128. The highest BCUT2D eigenvalue weighted by Gasteiger charge is 2.37. The first-order valence-electron chi connectivity index (χ1n) is 5.15. The van der Waals surface area contributed by atoms with Gasteiger partial charge >= 0.3 is 0 Å². The average Bonchev–Trinajstić information content (AvgIpc) is 1.81. The first kappa shape index (κ1) is 10.0. The van der Waals surface area contributed by atoms with Crippen LogP contribution in [0.1, 0.15) is 47.0 Å². The van der Waals surface area contributed by atoms with Crippen molar-refractivity contribution < 1.29 is 4.74 Å². The molecular weight excluding hydrogens is 148 g/mol. The van der Waals surface area contributed by atoms with Crippen LogP contribution in [-0.2, 0) is 4.74 Å². The zero-order valence-corrected chi connectivity index (χ0v) is 8.89. The van der Waals surface area contributed by atoms with Crippen LogP contribution >= 0.6 is 0 Å². The molecule has 72 valence electrons. The second-order valence-corrected chi connectivity index (χ2v) is 5.03. The zero-order valence-electron chi connectivity index (χ0n) is 8.89. The third-order valence-corrected chi connectivity index (χ3v) is 2.88. The van der Waals surface area contributed by atoms with Crippen molar-refractivity contribution in [2.45, 2.75) is 53.1 Å². The Morgan fingerprint density at radius 3 is 2.25 bits per heavy atom. The third kappa shape index (κ3) is 2.48. The van der Waals surface area contributed by atoms with Crippen LogP contribution in [0.15, 0.2) is 0 Å². The Morgan fingerprint density at radius 2 is 1.83 bits per heavy atom. The molecule has 1 rings (SSSR count). The lowest BCUT2D eigenvalue weighted by molar-refractivity contribution is -0.0615. The Kier molecular flexibility index (Phi) is 3.16. The van der Waals surface area contributed by atoms with Gasteiger partial charge in [0.15, 0.2) is 0 Å².